The second-order valence-electron chi connectivity index (χ2n) is 7.19. The fraction of sp³-hybridized carbons (Fsp3) is 0.208. The third-order valence-electron chi connectivity index (χ3n) is 4.71. The molecule has 3 aromatic rings. The number of rotatable bonds is 9. The van der Waals surface area contributed by atoms with Gasteiger partial charge in [-0.25, -0.2) is 8.42 Å². The number of hydrogen-bond donors (Lipinski definition) is 1. The number of carbonyl (C=O) groups is 1. The Balaban J connectivity index is 1.85. The first-order valence-corrected chi connectivity index (χ1v) is 11.4. The molecule has 0 saturated heterocycles. The van der Waals surface area contributed by atoms with Crippen LogP contribution in [0.5, 0.6) is 0 Å². The van der Waals surface area contributed by atoms with Gasteiger partial charge in [0, 0.05) is 18.7 Å². The summed E-state index contributed by atoms with van der Waals surface area (Å²) in [5.41, 5.74) is 1.84. The van der Waals surface area contributed by atoms with E-state index in [1.807, 2.05) is 13.0 Å². The van der Waals surface area contributed by atoms with Crippen LogP contribution in [0.15, 0.2) is 89.8 Å². The molecule has 0 aliphatic rings. The second-order valence-corrected chi connectivity index (χ2v) is 9.05. The molecule has 1 amide bonds. The van der Waals surface area contributed by atoms with Crippen molar-refractivity contribution in [1.29, 1.82) is 0 Å². The summed E-state index contributed by atoms with van der Waals surface area (Å²) >= 11 is 0. The predicted molar refractivity (Wildman–Crippen MR) is 121 cm³/mol. The molecule has 0 spiro atoms. The van der Waals surface area contributed by atoms with Crippen LogP contribution in [0.1, 0.15) is 22.8 Å². The van der Waals surface area contributed by atoms with E-state index in [1.54, 1.807) is 86.0 Å². The third-order valence-corrected chi connectivity index (χ3v) is 6.50. The minimum Gasteiger partial charge on any atom is -0.383 e. The fourth-order valence-corrected chi connectivity index (χ4v) is 4.63. The van der Waals surface area contributed by atoms with Gasteiger partial charge in [-0.05, 0) is 48.9 Å². The van der Waals surface area contributed by atoms with Crippen molar-refractivity contribution in [3.8, 4) is 0 Å². The van der Waals surface area contributed by atoms with Crippen LogP contribution in [0.25, 0.3) is 0 Å². The molecule has 0 aliphatic carbocycles. The van der Waals surface area contributed by atoms with Crippen LogP contribution in [-0.2, 0) is 21.3 Å². The number of para-hydroxylation sites is 1. The molecular formula is C24H26N2O4S. The topological polar surface area (TPSA) is 75.7 Å². The standard InChI is InChI=1S/C24H26N2O4S/c1-19(18-30-2)25-24(27)21-15-13-20(14-16-21)17-26(22-9-5-3-6-10-22)31(28,29)23-11-7-4-8-12-23/h3-16,19H,17-18H2,1-2H3,(H,25,27)/t19-/m0/s1. The maximum atomic E-state index is 13.3. The summed E-state index contributed by atoms with van der Waals surface area (Å²) in [6.45, 7) is 2.43. The summed E-state index contributed by atoms with van der Waals surface area (Å²) in [5.74, 6) is -0.201. The number of amides is 1. The number of methoxy groups -OCH3 is 1. The van der Waals surface area contributed by atoms with Gasteiger partial charge in [-0.2, -0.15) is 0 Å². The monoisotopic (exact) mass is 438 g/mol. The number of sulfonamides is 1. The van der Waals surface area contributed by atoms with E-state index >= 15 is 0 Å². The van der Waals surface area contributed by atoms with Crippen molar-refractivity contribution in [3.05, 3.63) is 96.1 Å². The molecule has 0 fully saturated rings. The minimum atomic E-state index is -3.76. The lowest BCUT2D eigenvalue weighted by Gasteiger charge is -2.25. The molecule has 0 aromatic heterocycles. The summed E-state index contributed by atoms with van der Waals surface area (Å²) in [7, 11) is -2.18. The summed E-state index contributed by atoms with van der Waals surface area (Å²) < 4.78 is 33.1. The number of ether oxygens (including phenoxy) is 1. The summed E-state index contributed by atoms with van der Waals surface area (Å²) in [6, 6.07) is 24.2. The highest BCUT2D eigenvalue weighted by Gasteiger charge is 2.25. The lowest BCUT2D eigenvalue weighted by atomic mass is 10.1. The van der Waals surface area contributed by atoms with Crippen LogP contribution in [-0.4, -0.2) is 34.1 Å². The normalized spacial score (nSPS) is 12.2. The minimum absolute atomic E-state index is 0.109. The molecule has 7 heteroatoms. The van der Waals surface area contributed by atoms with Gasteiger partial charge in [0.05, 0.1) is 23.7 Å². The Morgan fingerprint density at radius 1 is 0.935 bits per heavy atom. The number of nitrogens with zero attached hydrogens (tertiary/aromatic N) is 1. The molecule has 3 aromatic carbocycles. The Morgan fingerprint density at radius 2 is 1.52 bits per heavy atom. The first-order valence-electron chi connectivity index (χ1n) is 9.93. The van der Waals surface area contributed by atoms with Gasteiger partial charge in [0.15, 0.2) is 0 Å². The van der Waals surface area contributed by atoms with Crippen LogP contribution in [0, 0.1) is 0 Å². The first-order chi connectivity index (χ1) is 14.9. The molecule has 31 heavy (non-hydrogen) atoms. The van der Waals surface area contributed by atoms with Gasteiger partial charge in [-0.1, -0.05) is 48.5 Å². The van der Waals surface area contributed by atoms with Crippen molar-refractivity contribution < 1.29 is 17.9 Å². The fourth-order valence-electron chi connectivity index (χ4n) is 3.16. The lowest BCUT2D eigenvalue weighted by molar-refractivity contribution is 0.0905. The summed E-state index contributed by atoms with van der Waals surface area (Å²) in [5, 5.41) is 2.86. The molecule has 1 atom stereocenters. The maximum Gasteiger partial charge on any atom is 0.264 e. The van der Waals surface area contributed by atoms with Gasteiger partial charge in [-0.3, -0.25) is 9.10 Å². The van der Waals surface area contributed by atoms with E-state index in [1.165, 1.54) is 4.31 Å². The second kappa shape index (κ2) is 10.2. The summed E-state index contributed by atoms with van der Waals surface area (Å²) in [4.78, 5) is 12.6. The number of nitrogens with one attached hydrogen (secondary N) is 1. The van der Waals surface area contributed by atoms with E-state index in [0.717, 1.165) is 5.56 Å². The highest BCUT2D eigenvalue weighted by molar-refractivity contribution is 7.92. The number of hydrogen-bond acceptors (Lipinski definition) is 4. The third kappa shape index (κ3) is 5.71. The lowest BCUT2D eigenvalue weighted by Crippen LogP contribution is -2.35. The van der Waals surface area contributed by atoms with Crippen LogP contribution >= 0.6 is 0 Å². The number of carbonyl (C=O) groups excluding carboxylic acids is 1. The zero-order valence-corrected chi connectivity index (χ0v) is 18.4. The zero-order chi connectivity index (χ0) is 22.3. The Morgan fingerprint density at radius 3 is 2.10 bits per heavy atom. The Bertz CT molecular complexity index is 1090. The van der Waals surface area contributed by atoms with Crippen molar-refractivity contribution >= 4 is 21.6 Å². The van der Waals surface area contributed by atoms with Crippen molar-refractivity contribution in [2.24, 2.45) is 0 Å². The van der Waals surface area contributed by atoms with E-state index in [0.29, 0.717) is 17.9 Å². The van der Waals surface area contributed by atoms with Gasteiger partial charge >= 0.3 is 0 Å². The van der Waals surface area contributed by atoms with E-state index in [4.69, 9.17) is 4.74 Å². The Labute approximate surface area is 183 Å². The van der Waals surface area contributed by atoms with Gasteiger partial charge in [0.25, 0.3) is 15.9 Å². The molecule has 3 rings (SSSR count). The van der Waals surface area contributed by atoms with Crippen molar-refractivity contribution in [2.75, 3.05) is 18.0 Å². The molecule has 0 aliphatic heterocycles. The largest absolute Gasteiger partial charge is 0.383 e. The van der Waals surface area contributed by atoms with Gasteiger partial charge in [0.2, 0.25) is 0 Å². The first kappa shape index (κ1) is 22.5. The SMILES string of the molecule is COC[C@H](C)NC(=O)c1ccc(CN(c2ccccc2)S(=O)(=O)c2ccccc2)cc1. The van der Waals surface area contributed by atoms with E-state index in [2.05, 4.69) is 5.32 Å². The van der Waals surface area contributed by atoms with Crippen LogP contribution < -0.4 is 9.62 Å². The average Bonchev–Trinajstić information content (AvgIpc) is 2.79. The summed E-state index contributed by atoms with van der Waals surface area (Å²) in [6.07, 6.45) is 0. The van der Waals surface area contributed by atoms with Crippen LogP contribution in [0.2, 0.25) is 0 Å². The molecule has 0 saturated carbocycles. The van der Waals surface area contributed by atoms with E-state index < -0.39 is 10.0 Å². The van der Waals surface area contributed by atoms with Gasteiger partial charge < -0.3 is 10.1 Å². The van der Waals surface area contributed by atoms with E-state index in [-0.39, 0.29) is 23.4 Å². The van der Waals surface area contributed by atoms with Crippen molar-refractivity contribution in [2.45, 2.75) is 24.4 Å². The van der Waals surface area contributed by atoms with Gasteiger partial charge in [0.1, 0.15) is 0 Å². The Hall–Kier alpha value is -3.16. The quantitative estimate of drug-likeness (QED) is 0.551. The smallest absolute Gasteiger partial charge is 0.264 e. The molecular weight excluding hydrogens is 412 g/mol. The molecule has 0 bridgehead atoms. The molecule has 6 nitrogen and oxygen atoms in total. The van der Waals surface area contributed by atoms with Crippen LogP contribution in [0.3, 0.4) is 0 Å². The predicted octanol–water partition coefficient (Wildman–Crippen LogP) is 3.85. The molecule has 162 valence electrons. The number of benzene rings is 3. The number of anilines is 1. The highest BCUT2D eigenvalue weighted by Crippen LogP contribution is 2.25. The van der Waals surface area contributed by atoms with Gasteiger partial charge in [-0.15, -0.1) is 0 Å². The zero-order valence-electron chi connectivity index (χ0n) is 17.6. The molecule has 0 unspecified atom stereocenters. The molecule has 0 heterocycles. The average molecular weight is 439 g/mol. The van der Waals surface area contributed by atoms with Crippen molar-refractivity contribution in [1.82, 2.24) is 5.32 Å². The molecule has 0 radical (unpaired) electrons. The maximum absolute atomic E-state index is 13.3. The van der Waals surface area contributed by atoms with Crippen molar-refractivity contribution in [3.63, 3.8) is 0 Å². The Kier molecular flexibility index (Phi) is 7.44. The molecule has 1 N–H and O–H groups in total. The van der Waals surface area contributed by atoms with E-state index in [9.17, 15) is 13.2 Å². The van der Waals surface area contributed by atoms with Crippen LogP contribution in [0.4, 0.5) is 5.69 Å². The highest BCUT2D eigenvalue weighted by atomic mass is 32.2.